The fourth-order valence-corrected chi connectivity index (χ4v) is 4.62. The maximum absolute atomic E-state index is 14.1. The van der Waals surface area contributed by atoms with Gasteiger partial charge in [0.25, 0.3) is 5.56 Å². The summed E-state index contributed by atoms with van der Waals surface area (Å²) in [4.78, 5) is 21.5. The molecule has 0 saturated heterocycles. The lowest BCUT2D eigenvalue weighted by Gasteiger charge is -2.12. The summed E-state index contributed by atoms with van der Waals surface area (Å²) in [5.41, 5.74) is 2.79. The van der Waals surface area contributed by atoms with Gasteiger partial charge < -0.3 is 4.98 Å². The van der Waals surface area contributed by atoms with Crippen LogP contribution in [0.2, 0.25) is 5.02 Å². The van der Waals surface area contributed by atoms with Crippen molar-refractivity contribution in [3.8, 4) is 5.69 Å². The lowest BCUT2D eigenvalue weighted by Crippen LogP contribution is -2.21. The van der Waals surface area contributed by atoms with Crippen LogP contribution < -0.4 is 5.56 Å². The predicted octanol–water partition coefficient (Wildman–Crippen LogP) is 5.95. The number of aromatic amines is 1. The van der Waals surface area contributed by atoms with Gasteiger partial charge >= 0.3 is 0 Å². The van der Waals surface area contributed by atoms with Crippen molar-refractivity contribution < 1.29 is 4.39 Å². The van der Waals surface area contributed by atoms with Gasteiger partial charge in [-0.25, -0.2) is 9.37 Å². The largest absolute Gasteiger partial charge is 0.349 e. The summed E-state index contributed by atoms with van der Waals surface area (Å²) < 4.78 is 15.7. The van der Waals surface area contributed by atoms with E-state index >= 15 is 0 Å². The molecule has 5 aromatic rings. The van der Waals surface area contributed by atoms with Gasteiger partial charge in [0.05, 0.1) is 5.69 Å². The fourth-order valence-electron chi connectivity index (χ4n) is 3.44. The molecule has 0 spiro atoms. The van der Waals surface area contributed by atoms with Crippen LogP contribution in [-0.4, -0.2) is 14.5 Å². The first-order valence-corrected chi connectivity index (χ1v) is 10.6. The second kappa shape index (κ2) is 7.63. The van der Waals surface area contributed by atoms with E-state index in [-0.39, 0.29) is 11.4 Å². The van der Waals surface area contributed by atoms with Gasteiger partial charge in [-0.2, -0.15) is 0 Å². The van der Waals surface area contributed by atoms with Gasteiger partial charge in [-0.3, -0.25) is 9.36 Å². The zero-order valence-electron chi connectivity index (χ0n) is 15.6. The van der Waals surface area contributed by atoms with Crippen LogP contribution in [0.5, 0.6) is 0 Å². The van der Waals surface area contributed by atoms with Crippen LogP contribution >= 0.6 is 23.4 Å². The van der Waals surface area contributed by atoms with Crippen molar-refractivity contribution in [3.05, 3.63) is 99.6 Å². The summed E-state index contributed by atoms with van der Waals surface area (Å²) in [5, 5.41) is 1.86. The highest BCUT2D eigenvalue weighted by atomic mass is 35.5. The monoisotopic (exact) mass is 435 g/mol. The molecule has 0 unspecified atom stereocenters. The summed E-state index contributed by atoms with van der Waals surface area (Å²) in [6.07, 6.45) is 0. The molecule has 0 aliphatic carbocycles. The number of rotatable bonds is 4. The van der Waals surface area contributed by atoms with Crippen LogP contribution in [0, 0.1) is 5.82 Å². The SMILES string of the molecule is O=c1c2[nH]c3ccccc3c2nc(SCc2ccccc2F)n1-c1cccc(Cl)c1. The predicted molar refractivity (Wildman–Crippen MR) is 120 cm³/mol. The molecule has 0 fully saturated rings. The van der Waals surface area contributed by atoms with E-state index in [1.807, 2.05) is 24.3 Å². The highest BCUT2D eigenvalue weighted by Crippen LogP contribution is 2.29. The molecule has 2 aromatic heterocycles. The zero-order chi connectivity index (χ0) is 20.7. The van der Waals surface area contributed by atoms with Crippen LogP contribution in [-0.2, 0) is 5.75 Å². The molecule has 1 N–H and O–H groups in total. The number of halogens is 2. The first-order chi connectivity index (χ1) is 14.6. The lowest BCUT2D eigenvalue weighted by atomic mass is 10.2. The molecule has 0 aliphatic heterocycles. The van der Waals surface area contributed by atoms with E-state index in [9.17, 15) is 9.18 Å². The fraction of sp³-hybridized carbons (Fsp3) is 0.0435. The van der Waals surface area contributed by atoms with Crippen molar-refractivity contribution in [3.63, 3.8) is 0 Å². The molecule has 3 aromatic carbocycles. The molecule has 30 heavy (non-hydrogen) atoms. The van der Waals surface area contributed by atoms with Gasteiger partial charge in [-0.05, 0) is 35.9 Å². The molecule has 4 nitrogen and oxygen atoms in total. The van der Waals surface area contributed by atoms with Crippen LogP contribution in [0.4, 0.5) is 4.39 Å². The van der Waals surface area contributed by atoms with Gasteiger partial charge in [0.15, 0.2) is 5.16 Å². The number of nitrogens with one attached hydrogen (secondary N) is 1. The Morgan fingerprint density at radius 1 is 1.03 bits per heavy atom. The van der Waals surface area contributed by atoms with Crippen LogP contribution in [0.15, 0.2) is 82.7 Å². The number of thioether (sulfide) groups is 1. The number of para-hydroxylation sites is 1. The Morgan fingerprint density at radius 2 is 1.83 bits per heavy atom. The minimum atomic E-state index is -0.283. The molecule has 0 atom stereocenters. The van der Waals surface area contributed by atoms with Crippen LogP contribution in [0.25, 0.3) is 27.6 Å². The summed E-state index contributed by atoms with van der Waals surface area (Å²) in [6.45, 7) is 0. The van der Waals surface area contributed by atoms with E-state index in [1.54, 1.807) is 42.5 Å². The van der Waals surface area contributed by atoms with E-state index < -0.39 is 0 Å². The quantitative estimate of drug-likeness (QED) is 0.280. The van der Waals surface area contributed by atoms with Gasteiger partial charge in [0.1, 0.15) is 16.9 Å². The molecule has 148 valence electrons. The Hall–Kier alpha value is -3.09. The minimum absolute atomic E-state index is 0.227. The third kappa shape index (κ3) is 3.28. The topological polar surface area (TPSA) is 50.7 Å². The average molecular weight is 436 g/mol. The highest BCUT2D eigenvalue weighted by Gasteiger charge is 2.18. The van der Waals surface area contributed by atoms with Gasteiger partial charge in [0, 0.05) is 21.7 Å². The normalized spacial score (nSPS) is 11.4. The molecule has 0 aliphatic rings. The van der Waals surface area contributed by atoms with Crippen molar-refractivity contribution in [1.29, 1.82) is 0 Å². The lowest BCUT2D eigenvalue weighted by molar-refractivity contribution is 0.617. The molecule has 7 heteroatoms. The Balaban J connectivity index is 1.73. The molecule has 5 rings (SSSR count). The minimum Gasteiger partial charge on any atom is -0.349 e. The molecule has 2 heterocycles. The Morgan fingerprint density at radius 3 is 2.67 bits per heavy atom. The van der Waals surface area contributed by atoms with E-state index in [0.717, 1.165) is 10.9 Å². The number of hydrogen-bond acceptors (Lipinski definition) is 3. The molecular weight excluding hydrogens is 421 g/mol. The third-order valence-electron chi connectivity index (χ3n) is 4.88. The van der Waals surface area contributed by atoms with Gasteiger partial charge in [-0.1, -0.05) is 65.8 Å². The summed E-state index contributed by atoms with van der Waals surface area (Å²) in [7, 11) is 0. The second-order valence-electron chi connectivity index (χ2n) is 6.79. The maximum Gasteiger partial charge on any atom is 0.283 e. The van der Waals surface area contributed by atoms with Crippen LogP contribution in [0.1, 0.15) is 5.56 Å². The zero-order valence-corrected chi connectivity index (χ0v) is 17.2. The van der Waals surface area contributed by atoms with Crippen LogP contribution in [0.3, 0.4) is 0 Å². The first kappa shape index (κ1) is 18.9. The smallest absolute Gasteiger partial charge is 0.283 e. The molecule has 0 radical (unpaired) electrons. The first-order valence-electron chi connectivity index (χ1n) is 9.27. The van der Waals surface area contributed by atoms with E-state index in [0.29, 0.717) is 38.2 Å². The number of H-pyrrole nitrogens is 1. The van der Waals surface area contributed by atoms with Gasteiger partial charge in [-0.15, -0.1) is 0 Å². The number of nitrogens with zero attached hydrogens (tertiary/aromatic N) is 2. The summed E-state index contributed by atoms with van der Waals surface area (Å²) in [6, 6.07) is 21.3. The van der Waals surface area contributed by atoms with E-state index in [1.165, 1.54) is 22.4 Å². The number of aromatic nitrogens is 3. The second-order valence-corrected chi connectivity index (χ2v) is 8.17. The Labute approximate surface area is 180 Å². The molecular formula is C23H15ClFN3OS. The summed E-state index contributed by atoms with van der Waals surface area (Å²) >= 11 is 7.49. The maximum atomic E-state index is 14.1. The Bertz CT molecular complexity index is 1460. The van der Waals surface area contributed by atoms with Crippen molar-refractivity contribution in [1.82, 2.24) is 14.5 Å². The van der Waals surface area contributed by atoms with Crippen molar-refractivity contribution in [2.24, 2.45) is 0 Å². The van der Waals surface area contributed by atoms with Crippen molar-refractivity contribution in [2.75, 3.05) is 0 Å². The summed E-state index contributed by atoms with van der Waals surface area (Å²) in [5.74, 6) is 0.0582. The molecule has 0 amide bonds. The third-order valence-corrected chi connectivity index (χ3v) is 6.10. The van der Waals surface area contributed by atoms with Crippen molar-refractivity contribution >= 4 is 45.3 Å². The standard InChI is InChI=1S/C23H15ClFN3OS/c24-15-7-5-8-16(12-15)28-22(29)21-20(17-9-2-4-11-19(17)26-21)27-23(28)30-13-14-6-1-3-10-18(14)25/h1-12,26H,13H2. The van der Waals surface area contributed by atoms with E-state index in [2.05, 4.69) is 4.98 Å². The van der Waals surface area contributed by atoms with E-state index in [4.69, 9.17) is 16.6 Å². The number of benzene rings is 3. The average Bonchev–Trinajstić information content (AvgIpc) is 3.12. The Kier molecular flexibility index (Phi) is 4.81. The molecule has 0 bridgehead atoms. The number of fused-ring (bicyclic) bond motifs is 3. The highest BCUT2D eigenvalue weighted by molar-refractivity contribution is 7.98. The number of hydrogen-bond donors (Lipinski definition) is 1. The molecule has 0 saturated carbocycles. The van der Waals surface area contributed by atoms with Crippen molar-refractivity contribution in [2.45, 2.75) is 10.9 Å². The van der Waals surface area contributed by atoms with Gasteiger partial charge in [0.2, 0.25) is 0 Å².